The van der Waals surface area contributed by atoms with Gasteiger partial charge < -0.3 is 5.73 Å². The van der Waals surface area contributed by atoms with Gasteiger partial charge in [-0.05, 0) is 47.2 Å². The molecule has 0 aromatic heterocycles. The van der Waals surface area contributed by atoms with Crippen molar-refractivity contribution in [3.8, 4) is 0 Å². The summed E-state index contributed by atoms with van der Waals surface area (Å²) >= 11 is 6.45. The summed E-state index contributed by atoms with van der Waals surface area (Å²) in [5.74, 6) is 0. The first-order chi connectivity index (χ1) is 4.61. The molecule has 0 bridgehead atoms. The minimum atomic E-state index is 0.781. The van der Waals surface area contributed by atoms with Gasteiger partial charge in [-0.15, -0.1) is 12.6 Å². The van der Waals surface area contributed by atoms with Gasteiger partial charge in [-0.1, -0.05) is 0 Å². The van der Waals surface area contributed by atoms with E-state index in [4.69, 9.17) is 5.73 Å². The Morgan fingerprint density at radius 3 is 2.60 bits per heavy atom. The second-order valence-corrected chi connectivity index (χ2v) is 3.88. The average molecular weight is 265 g/mol. The molecule has 0 aliphatic heterocycles. The summed E-state index contributed by atoms with van der Waals surface area (Å²) in [6.45, 7) is 1.98. The van der Waals surface area contributed by atoms with Gasteiger partial charge in [0, 0.05) is 14.2 Å². The molecular weight excluding hydrogens is 257 g/mol. The summed E-state index contributed by atoms with van der Waals surface area (Å²) < 4.78 is 1.18. The molecule has 10 heavy (non-hydrogen) atoms. The lowest BCUT2D eigenvalue weighted by molar-refractivity contribution is 1.35. The van der Waals surface area contributed by atoms with Crippen LogP contribution in [-0.4, -0.2) is 0 Å². The van der Waals surface area contributed by atoms with Crippen molar-refractivity contribution in [2.75, 3.05) is 5.73 Å². The fourth-order valence-electron chi connectivity index (χ4n) is 0.737. The van der Waals surface area contributed by atoms with Crippen molar-refractivity contribution in [3.63, 3.8) is 0 Å². The highest BCUT2D eigenvalue weighted by Crippen LogP contribution is 2.23. The first-order valence-corrected chi connectivity index (χ1v) is 4.38. The van der Waals surface area contributed by atoms with E-state index in [1.807, 2.05) is 19.1 Å². The van der Waals surface area contributed by atoms with Crippen molar-refractivity contribution in [2.24, 2.45) is 0 Å². The third kappa shape index (κ3) is 1.58. The van der Waals surface area contributed by atoms with Gasteiger partial charge in [0.15, 0.2) is 0 Å². The molecule has 3 heteroatoms. The maximum absolute atomic E-state index is 5.67. The number of thiol groups is 1. The van der Waals surface area contributed by atoms with Gasteiger partial charge >= 0.3 is 0 Å². The summed E-state index contributed by atoms with van der Waals surface area (Å²) in [7, 11) is 0. The predicted octanol–water partition coefficient (Wildman–Crippen LogP) is 2.47. The number of rotatable bonds is 0. The third-order valence-corrected chi connectivity index (χ3v) is 2.32. The Bertz CT molecular complexity index is 237. The summed E-state index contributed by atoms with van der Waals surface area (Å²) in [5, 5.41) is 0. The summed E-state index contributed by atoms with van der Waals surface area (Å²) in [6, 6.07) is 3.99. The lowest BCUT2D eigenvalue weighted by atomic mass is 10.2. The Morgan fingerprint density at radius 1 is 1.50 bits per heavy atom. The minimum Gasteiger partial charge on any atom is -0.398 e. The first-order valence-electron chi connectivity index (χ1n) is 2.86. The monoisotopic (exact) mass is 265 g/mol. The highest BCUT2D eigenvalue weighted by Gasteiger charge is 1.98. The van der Waals surface area contributed by atoms with E-state index in [-0.39, 0.29) is 0 Å². The number of hydrogen-bond donors (Lipinski definition) is 2. The van der Waals surface area contributed by atoms with Crippen molar-refractivity contribution < 1.29 is 0 Å². The van der Waals surface area contributed by atoms with Gasteiger partial charge in [0.1, 0.15) is 0 Å². The molecule has 1 nitrogen and oxygen atoms in total. The Hall–Kier alpha value is 0.1000. The molecule has 2 N–H and O–H groups in total. The lowest BCUT2D eigenvalue weighted by Crippen LogP contribution is -1.91. The Labute approximate surface area is 79.6 Å². The highest BCUT2D eigenvalue weighted by molar-refractivity contribution is 14.1. The number of nitrogens with two attached hydrogens (primary N) is 1. The molecule has 0 aliphatic rings. The van der Waals surface area contributed by atoms with Crippen LogP contribution in [0.1, 0.15) is 5.56 Å². The van der Waals surface area contributed by atoms with Crippen molar-refractivity contribution >= 4 is 40.9 Å². The number of anilines is 1. The number of halogens is 1. The molecule has 0 saturated carbocycles. The van der Waals surface area contributed by atoms with Gasteiger partial charge in [-0.2, -0.15) is 0 Å². The van der Waals surface area contributed by atoms with Crippen LogP contribution in [0.2, 0.25) is 0 Å². The standard InChI is InChI=1S/C7H8INS/c1-4-2-5(8)3-6(10)7(4)9/h2-3,10H,9H2,1H3. The Kier molecular flexibility index (Phi) is 2.46. The normalized spacial score (nSPS) is 9.90. The topological polar surface area (TPSA) is 26.0 Å². The van der Waals surface area contributed by atoms with Crippen LogP contribution in [0.15, 0.2) is 17.0 Å². The van der Waals surface area contributed by atoms with E-state index < -0.39 is 0 Å². The molecule has 0 atom stereocenters. The second-order valence-electron chi connectivity index (χ2n) is 2.16. The van der Waals surface area contributed by atoms with E-state index in [2.05, 4.69) is 35.2 Å². The first kappa shape index (κ1) is 8.20. The van der Waals surface area contributed by atoms with Crippen molar-refractivity contribution in [3.05, 3.63) is 21.3 Å². The fraction of sp³-hybridized carbons (Fsp3) is 0.143. The highest BCUT2D eigenvalue weighted by atomic mass is 127. The molecule has 0 amide bonds. The van der Waals surface area contributed by atoms with E-state index >= 15 is 0 Å². The maximum Gasteiger partial charge on any atom is 0.0480 e. The third-order valence-electron chi connectivity index (χ3n) is 1.33. The molecule has 0 heterocycles. The van der Waals surface area contributed by atoms with Crippen LogP contribution < -0.4 is 5.73 Å². The smallest absolute Gasteiger partial charge is 0.0480 e. The van der Waals surface area contributed by atoms with Crippen LogP contribution >= 0.6 is 35.2 Å². The molecule has 1 aromatic carbocycles. The van der Waals surface area contributed by atoms with Gasteiger partial charge in [-0.25, -0.2) is 0 Å². The fourth-order valence-corrected chi connectivity index (χ4v) is 2.08. The average Bonchev–Trinajstić information content (AvgIpc) is 1.82. The zero-order chi connectivity index (χ0) is 7.72. The quantitative estimate of drug-likeness (QED) is 0.420. The van der Waals surface area contributed by atoms with Crippen LogP contribution in [0.3, 0.4) is 0 Å². The number of aryl methyl sites for hydroxylation is 1. The second kappa shape index (κ2) is 3.00. The largest absolute Gasteiger partial charge is 0.398 e. The molecule has 1 aromatic rings. The summed E-state index contributed by atoms with van der Waals surface area (Å²) in [5.41, 5.74) is 7.55. The molecule has 0 spiro atoms. The van der Waals surface area contributed by atoms with Crippen LogP contribution in [-0.2, 0) is 0 Å². The Morgan fingerprint density at radius 2 is 2.10 bits per heavy atom. The number of nitrogen functional groups attached to an aromatic ring is 1. The van der Waals surface area contributed by atoms with Crippen LogP contribution in [0.4, 0.5) is 5.69 Å². The number of benzene rings is 1. The zero-order valence-electron chi connectivity index (χ0n) is 5.56. The van der Waals surface area contributed by atoms with Crippen molar-refractivity contribution in [1.29, 1.82) is 0 Å². The zero-order valence-corrected chi connectivity index (χ0v) is 8.61. The van der Waals surface area contributed by atoms with E-state index in [1.54, 1.807) is 0 Å². The maximum atomic E-state index is 5.67. The van der Waals surface area contributed by atoms with Crippen LogP contribution in [0.25, 0.3) is 0 Å². The molecule has 0 unspecified atom stereocenters. The van der Waals surface area contributed by atoms with Gasteiger partial charge in [-0.3, -0.25) is 0 Å². The van der Waals surface area contributed by atoms with E-state index in [0.29, 0.717) is 0 Å². The van der Waals surface area contributed by atoms with Gasteiger partial charge in [0.2, 0.25) is 0 Å². The lowest BCUT2D eigenvalue weighted by Gasteiger charge is -2.02. The van der Waals surface area contributed by atoms with Gasteiger partial charge in [0.05, 0.1) is 0 Å². The minimum absolute atomic E-state index is 0.781. The summed E-state index contributed by atoms with van der Waals surface area (Å²) in [6.07, 6.45) is 0. The number of hydrogen-bond acceptors (Lipinski definition) is 2. The van der Waals surface area contributed by atoms with Crippen LogP contribution in [0, 0.1) is 10.5 Å². The predicted molar refractivity (Wildman–Crippen MR) is 55.6 cm³/mol. The van der Waals surface area contributed by atoms with Crippen molar-refractivity contribution in [1.82, 2.24) is 0 Å². The molecule has 1 rings (SSSR count). The molecule has 0 aliphatic carbocycles. The molecule has 54 valence electrons. The van der Waals surface area contributed by atoms with E-state index in [0.717, 1.165) is 16.1 Å². The van der Waals surface area contributed by atoms with E-state index in [1.165, 1.54) is 3.57 Å². The Balaban J connectivity index is 3.31. The molecular formula is C7H8INS. The van der Waals surface area contributed by atoms with Crippen LogP contribution in [0.5, 0.6) is 0 Å². The summed E-state index contributed by atoms with van der Waals surface area (Å²) in [4.78, 5) is 0.865. The SMILES string of the molecule is Cc1cc(I)cc(S)c1N. The van der Waals surface area contributed by atoms with Crippen molar-refractivity contribution in [2.45, 2.75) is 11.8 Å². The van der Waals surface area contributed by atoms with Gasteiger partial charge in [0.25, 0.3) is 0 Å². The molecule has 0 radical (unpaired) electrons. The molecule has 0 saturated heterocycles. The molecule has 0 fully saturated rings. The van der Waals surface area contributed by atoms with E-state index in [9.17, 15) is 0 Å².